The quantitative estimate of drug-likeness (QED) is 0.676. The lowest BCUT2D eigenvalue weighted by Crippen LogP contribution is -2.47. The highest BCUT2D eigenvalue weighted by atomic mass is 16.5. The Balaban J connectivity index is 1.70. The number of methoxy groups -OCH3 is 2. The number of nitrogens with zero attached hydrogens (tertiary/aromatic N) is 2. The fourth-order valence-corrected chi connectivity index (χ4v) is 4.18. The van der Waals surface area contributed by atoms with Gasteiger partial charge in [-0.15, -0.1) is 0 Å². The Bertz CT molecular complexity index is 876. The van der Waals surface area contributed by atoms with Crippen LogP contribution in [0.3, 0.4) is 0 Å². The van der Waals surface area contributed by atoms with Crippen molar-refractivity contribution in [1.82, 2.24) is 4.90 Å². The standard InChI is InChI=1S/C25H34N2O4/c1-18(2)14-25(29)27(21-6-5-7-22(16-21)30-3)20-10-12-26(13-11-20)17-19-8-9-23(28)24(15-19)31-4/h5-9,15-16,18,20,28H,10-14,17H2,1-4H3. The van der Waals surface area contributed by atoms with Gasteiger partial charge in [-0.05, 0) is 48.6 Å². The number of ether oxygens (including phenoxy) is 2. The predicted octanol–water partition coefficient (Wildman–Crippen LogP) is 4.45. The van der Waals surface area contributed by atoms with Gasteiger partial charge in [0.25, 0.3) is 0 Å². The average molecular weight is 427 g/mol. The second kappa shape index (κ2) is 10.5. The molecule has 3 rings (SSSR count). The van der Waals surface area contributed by atoms with E-state index in [1.54, 1.807) is 20.3 Å². The molecule has 2 aromatic rings. The molecule has 1 N–H and O–H groups in total. The first-order chi connectivity index (χ1) is 14.9. The lowest BCUT2D eigenvalue weighted by atomic mass is 9.99. The van der Waals surface area contributed by atoms with E-state index in [0.29, 0.717) is 18.1 Å². The fourth-order valence-electron chi connectivity index (χ4n) is 4.18. The van der Waals surface area contributed by atoms with Crippen molar-refractivity contribution >= 4 is 11.6 Å². The van der Waals surface area contributed by atoms with E-state index in [9.17, 15) is 9.90 Å². The number of benzene rings is 2. The number of anilines is 1. The first-order valence-electron chi connectivity index (χ1n) is 11.0. The Morgan fingerprint density at radius 2 is 1.87 bits per heavy atom. The molecule has 2 aromatic carbocycles. The molecule has 1 fully saturated rings. The first-order valence-corrected chi connectivity index (χ1v) is 11.0. The minimum atomic E-state index is 0.155. The number of hydrogen-bond acceptors (Lipinski definition) is 5. The Hall–Kier alpha value is -2.73. The van der Waals surface area contributed by atoms with E-state index in [2.05, 4.69) is 18.7 Å². The van der Waals surface area contributed by atoms with Crippen molar-refractivity contribution in [2.24, 2.45) is 5.92 Å². The number of carbonyl (C=O) groups is 1. The summed E-state index contributed by atoms with van der Waals surface area (Å²) < 4.78 is 10.6. The van der Waals surface area contributed by atoms with Crippen LogP contribution in [0, 0.1) is 5.92 Å². The number of rotatable bonds is 8. The highest BCUT2D eigenvalue weighted by molar-refractivity contribution is 5.94. The average Bonchev–Trinajstić information content (AvgIpc) is 2.76. The molecule has 0 unspecified atom stereocenters. The van der Waals surface area contributed by atoms with E-state index >= 15 is 0 Å². The molecule has 1 saturated heterocycles. The summed E-state index contributed by atoms with van der Waals surface area (Å²) in [5.41, 5.74) is 2.01. The summed E-state index contributed by atoms with van der Waals surface area (Å²) in [5.74, 6) is 1.90. The molecule has 31 heavy (non-hydrogen) atoms. The molecular weight excluding hydrogens is 392 g/mol. The van der Waals surface area contributed by atoms with Gasteiger partial charge in [0.15, 0.2) is 11.5 Å². The molecule has 1 aliphatic heterocycles. The highest BCUT2D eigenvalue weighted by Crippen LogP contribution is 2.30. The number of hydrogen-bond donors (Lipinski definition) is 1. The zero-order chi connectivity index (χ0) is 22.4. The van der Waals surface area contributed by atoms with Gasteiger partial charge < -0.3 is 19.5 Å². The van der Waals surface area contributed by atoms with Gasteiger partial charge in [-0.25, -0.2) is 0 Å². The highest BCUT2D eigenvalue weighted by Gasteiger charge is 2.29. The molecule has 0 bridgehead atoms. The molecule has 6 nitrogen and oxygen atoms in total. The molecule has 0 radical (unpaired) electrons. The van der Waals surface area contributed by atoms with Crippen LogP contribution in [0.2, 0.25) is 0 Å². The molecule has 1 aliphatic rings. The number of piperidine rings is 1. The smallest absolute Gasteiger partial charge is 0.227 e. The summed E-state index contributed by atoms with van der Waals surface area (Å²) >= 11 is 0. The Morgan fingerprint density at radius 3 is 2.52 bits per heavy atom. The lowest BCUT2D eigenvalue weighted by Gasteiger charge is -2.39. The first kappa shape index (κ1) is 22.9. The van der Waals surface area contributed by atoms with E-state index in [1.165, 1.54) is 0 Å². The number of carbonyl (C=O) groups excluding carboxylic acids is 1. The normalized spacial score (nSPS) is 15.1. The summed E-state index contributed by atoms with van der Waals surface area (Å²) in [5, 5.41) is 9.81. The van der Waals surface area contributed by atoms with Crippen LogP contribution in [-0.2, 0) is 11.3 Å². The number of phenols is 1. The van der Waals surface area contributed by atoms with Gasteiger partial charge >= 0.3 is 0 Å². The molecule has 1 amide bonds. The van der Waals surface area contributed by atoms with E-state index < -0.39 is 0 Å². The maximum atomic E-state index is 13.2. The minimum Gasteiger partial charge on any atom is -0.504 e. The molecule has 0 spiro atoms. The van der Waals surface area contributed by atoms with Crippen molar-refractivity contribution in [2.75, 3.05) is 32.2 Å². The van der Waals surface area contributed by atoms with E-state index in [4.69, 9.17) is 9.47 Å². The van der Waals surface area contributed by atoms with Crippen LogP contribution < -0.4 is 14.4 Å². The summed E-state index contributed by atoms with van der Waals surface area (Å²) in [7, 11) is 3.21. The van der Waals surface area contributed by atoms with Gasteiger partial charge in [0.2, 0.25) is 5.91 Å². The monoisotopic (exact) mass is 426 g/mol. The van der Waals surface area contributed by atoms with Crippen LogP contribution in [0.1, 0.15) is 38.7 Å². The molecular formula is C25H34N2O4. The van der Waals surface area contributed by atoms with Crippen LogP contribution in [0.15, 0.2) is 42.5 Å². The lowest BCUT2D eigenvalue weighted by molar-refractivity contribution is -0.120. The summed E-state index contributed by atoms with van der Waals surface area (Å²) in [4.78, 5) is 17.5. The van der Waals surface area contributed by atoms with Gasteiger partial charge in [0.1, 0.15) is 5.75 Å². The summed E-state index contributed by atoms with van der Waals surface area (Å²) in [6.45, 7) is 6.77. The number of phenolic OH excluding ortho intramolecular Hbond substituents is 1. The Kier molecular flexibility index (Phi) is 7.80. The SMILES string of the molecule is COc1cccc(N(C(=O)CC(C)C)C2CCN(Cc3ccc(O)c(OC)c3)CC2)c1. The van der Waals surface area contributed by atoms with E-state index in [-0.39, 0.29) is 17.7 Å². The number of aromatic hydroxyl groups is 1. The van der Waals surface area contributed by atoms with Crippen LogP contribution in [-0.4, -0.2) is 49.3 Å². The largest absolute Gasteiger partial charge is 0.504 e. The van der Waals surface area contributed by atoms with Crippen molar-refractivity contribution < 1.29 is 19.4 Å². The van der Waals surface area contributed by atoms with Crippen LogP contribution in [0.5, 0.6) is 17.2 Å². The van der Waals surface area contributed by atoms with E-state index in [0.717, 1.165) is 49.5 Å². The molecule has 0 aliphatic carbocycles. The van der Waals surface area contributed by atoms with Crippen molar-refractivity contribution in [1.29, 1.82) is 0 Å². The third kappa shape index (κ3) is 5.91. The fraction of sp³-hybridized carbons (Fsp3) is 0.480. The van der Waals surface area contributed by atoms with Gasteiger partial charge in [-0.2, -0.15) is 0 Å². The third-order valence-corrected chi connectivity index (χ3v) is 5.76. The predicted molar refractivity (Wildman–Crippen MR) is 123 cm³/mol. The second-order valence-electron chi connectivity index (χ2n) is 8.58. The van der Waals surface area contributed by atoms with Gasteiger partial charge in [-0.3, -0.25) is 9.69 Å². The molecule has 1 heterocycles. The Labute approximate surface area is 185 Å². The van der Waals surface area contributed by atoms with Crippen molar-refractivity contribution in [2.45, 2.75) is 45.7 Å². The molecule has 6 heteroatoms. The van der Waals surface area contributed by atoms with Gasteiger partial charge in [-0.1, -0.05) is 26.0 Å². The second-order valence-corrected chi connectivity index (χ2v) is 8.58. The van der Waals surface area contributed by atoms with Crippen molar-refractivity contribution in [3.63, 3.8) is 0 Å². The molecule has 0 aromatic heterocycles. The van der Waals surface area contributed by atoms with E-state index in [1.807, 2.05) is 41.3 Å². The molecule has 168 valence electrons. The molecule has 0 atom stereocenters. The van der Waals surface area contributed by atoms with Gasteiger partial charge in [0, 0.05) is 43.9 Å². The van der Waals surface area contributed by atoms with Crippen molar-refractivity contribution in [3.8, 4) is 17.2 Å². The summed E-state index contributed by atoms with van der Waals surface area (Å²) in [6, 6.07) is 13.5. The van der Waals surface area contributed by atoms with Crippen LogP contribution >= 0.6 is 0 Å². The van der Waals surface area contributed by atoms with Crippen LogP contribution in [0.4, 0.5) is 5.69 Å². The van der Waals surface area contributed by atoms with Crippen LogP contribution in [0.25, 0.3) is 0 Å². The summed E-state index contributed by atoms with van der Waals surface area (Å²) in [6.07, 6.45) is 2.36. The van der Waals surface area contributed by atoms with Gasteiger partial charge in [0.05, 0.1) is 14.2 Å². The third-order valence-electron chi connectivity index (χ3n) is 5.76. The Morgan fingerprint density at radius 1 is 1.13 bits per heavy atom. The zero-order valence-electron chi connectivity index (χ0n) is 19.0. The number of amides is 1. The topological polar surface area (TPSA) is 62.2 Å². The number of likely N-dealkylation sites (tertiary alicyclic amines) is 1. The van der Waals surface area contributed by atoms with Crippen molar-refractivity contribution in [3.05, 3.63) is 48.0 Å². The minimum absolute atomic E-state index is 0.155. The maximum Gasteiger partial charge on any atom is 0.227 e. The maximum absolute atomic E-state index is 13.2. The molecule has 0 saturated carbocycles. The zero-order valence-corrected chi connectivity index (χ0v) is 19.0.